The number of carboxylic acids is 1. The van der Waals surface area contributed by atoms with Crippen LogP contribution in [0.25, 0.3) is 0 Å². The zero-order valence-electron chi connectivity index (χ0n) is 11.0. The molecule has 1 aromatic rings. The van der Waals surface area contributed by atoms with Crippen molar-refractivity contribution in [1.82, 2.24) is 10.3 Å². The van der Waals surface area contributed by atoms with E-state index in [0.29, 0.717) is 0 Å². The van der Waals surface area contributed by atoms with Crippen molar-refractivity contribution in [2.24, 2.45) is 5.92 Å². The summed E-state index contributed by atoms with van der Waals surface area (Å²) in [5.74, 6) is -2.35. The number of rotatable bonds is 5. The highest BCUT2D eigenvalue weighted by Gasteiger charge is 2.20. The summed E-state index contributed by atoms with van der Waals surface area (Å²) in [6.07, 6.45) is 0.947. The van der Waals surface area contributed by atoms with Crippen molar-refractivity contribution in [3.8, 4) is 0 Å². The number of carboxylic acid groups (broad SMARTS) is 1. The molecule has 104 valence electrons. The van der Waals surface area contributed by atoms with E-state index in [-0.39, 0.29) is 29.8 Å². The zero-order chi connectivity index (χ0) is 14.6. The summed E-state index contributed by atoms with van der Waals surface area (Å²) < 4.78 is 13.0. The third-order valence-electron chi connectivity index (χ3n) is 2.67. The highest BCUT2D eigenvalue weighted by Crippen LogP contribution is 2.18. The van der Waals surface area contributed by atoms with E-state index in [0.717, 1.165) is 12.3 Å². The highest BCUT2D eigenvalue weighted by atomic mass is 19.1. The van der Waals surface area contributed by atoms with Crippen LogP contribution in [0, 0.1) is 11.7 Å². The monoisotopic (exact) mass is 269 g/mol. The Bertz CT molecular complexity index is 493. The maximum Gasteiger partial charge on any atom is 0.339 e. The number of pyridine rings is 1. The Morgan fingerprint density at radius 3 is 2.74 bits per heavy atom. The third-order valence-corrected chi connectivity index (χ3v) is 2.67. The first kappa shape index (κ1) is 14.9. The molecule has 1 aromatic heterocycles. The molecule has 0 saturated carbocycles. The van der Waals surface area contributed by atoms with Gasteiger partial charge in [0, 0.05) is 20.6 Å². The predicted molar refractivity (Wildman–Crippen MR) is 67.7 cm³/mol. The Balaban J connectivity index is 2.96. The molecule has 1 unspecified atom stereocenters. The molecule has 0 aliphatic heterocycles. The van der Waals surface area contributed by atoms with Crippen LogP contribution in [-0.4, -0.2) is 42.6 Å². The molecular weight excluding hydrogens is 253 g/mol. The minimum Gasteiger partial charge on any atom is -0.478 e. The summed E-state index contributed by atoms with van der Waals surface area (Å²) in [7, 11) is 3.13. The summed E-state index contributed by atoms with van der Waals surface area (Å²) in [4.78, 5) is 27.8. The Morgan fingerprint density at radius 2 is 2.21 bits per heavy atom. The quantitative estimate of drug-likeness (QED) is 0.823. The van der Waals surface area contributed by atoms with E-state index in [1.807, 2.05) is 0 Å². The van der Waals surface area contributed by atoms with E-state index < -0.39 is 11.8 Å². The Kier molecular flexibility index (Phi) is 4.80. The van der Waals surface area contributed by atoms with Gasteiger partial charge >= 0.3 is 5.97 Å². The lowest BCUT2D eigenvalue weighted by Gasteiger charge is -2.22. The Labute approximate surface area is 110 Å². The van der Waals surface area contributed by atoms with Gasteiger partial charge in [-0.15, -0.1) is 0 Å². The van der Waals surface area contributed by atoms with Crippen molar-refractivity contribution < 1.29 is 19.1 Å². The molecule has 0 aromatic carbocycles. The molecule has 6 nitrogen and oxygen atoms in total. The van der Waals surface area contributed by atoms with E-state index >= 15 is 0 Å². The molecule has 7 heteroatoms. The fourth-order valence-electron chi connectivity index (χ4n) is 1.72. The average Bonchev–Trinajstić information content (AvgIpc) is 2.37. The summed E-state index contributed by atoms with van der Waals surface area (Å²) in [6, 6.07) is 0.908. The lowest BCUT2D eigenvalue weighted by molar-refractivity contribution is -0.123. The van der Waals surface area contributed by atoms with Gasteiger partial charge in [0.1, 0.15) is 17.2 Å². The van der Waals surface area contributed by atoms with Crippen LogP contribution in [0.15, 0.2) is 12.3 Å². The normalized spacial score (nSPS) is 11.8. The summed E-state index contributed by atoms with van der Waals surface area (Å²) >= 11 is 0. The maximum atomic E-state index is 13.0. The number of nitrogens with one attached hydrogen (secondary N) is 1. The maximum absolute atomic E-state index is 13.0. The molecule has 0 aliphatic carbocycles. The number of carbonyl (C=O) groups excluding carboxylic acids is 1. The SMILES string of the molecule is CNC(=O)C(C)CN(C)c1ncc(F)cc1C(=O)O. The molecule has 0 fully saturated rings. The van der Waals surface area contributed by atoms with Crippen molar-refractivity contribution in [3.63, 3.8) is 0 Å². The second-order valence-electron chi connectivity index (χ2n) is 4.23. The summed E-state index contributed by atoms with van der Waals surface area (Å²) in [5, 5.41) is 11.5. The van der Waals surface area contributed by atoms with Crippen LogP contribution in [0.3, 0.4) is 0 Å². The smallest absolute Gasteiger partial charge is 0.339 e. The molecule has 0 spiro atoms. The van der Waals surface area contributed by atoms with Crippen LogP contribution in [0.1, 0.15) is 17.3 Å². The van der Waals surface area contributed by atoms with Gasteiger partial charge in [-0.1, -0.05) is 6.92 Å². The summed E-state index contributed by atoms with van der Waals surface area (Å²) in [6.45, 7) is 1.98. The zero-order valence-corrected chi connectivity index (χ0v) is 11.0. The second-order valence-corrected chi connectivity index (χ2v) is 4.23. The number of nitrogens with zero attached hydrogens (tertiary/aromatic N) is 2. The number of hydrogen-bond acceptors (Lipinski definition) is 4. The van der Waals surface area contributed by atoms with E-state index in [4.69, 9.17) is 5.11 Å². The lowest BCUT2D eigenvalue weighted by Crippen LogP contribution is -2.35. The van der Waals surface area contributed by atoms with Gasteiger partial charge in [0.15, 0.2) is 0 Å². The number of anilines is 1. The van der Waals surface area contributed by atoms with Gasteiger partial charge in [0.2, 0.25) is 5.91 Å². The Hall–Kier alpha value is -2.18. The van der Waals surface area contributed by atoms with Gasteiger partial charge in [-0.25, -0.2) is 14.2 Å². The predicted octanol–water partition coefficient (Wildman–Crippen LogP) is 0.737. The van der Waals surface area contributed by atoms with Crippen LogP contribution < -0.4 is 10.2 Å². The van der Waals surface area contributed by atoms with E-state index in [9.17, 15) is 14.0 Å². The lowest BCUT2D eigenvalue weighted by atomic mass is 10.1. The van der Waals surface area contributed by atoms with Gasteiger partial charge < -0.3 is 15.3 Å². The molecule has 0 saturated heterocycles. The number of halogens is 1. The largest absolute Gasteiger partial charge is 0.478 e. The fourth-order valence-corrected chi connectivity index (χ4v) is 1.72. The molecule has 2 N–H and O–H groups in total. The molecule has 0 radical (unpaired) electrons. The number of carbonyl (C=O) groups is 2. The topological polar surface area (TPSA) is 82.5 Å². The van der Waals surface area contributed by atoms with Crippen molar-refractivity contribution in [1.29, 1.82) is 0 Å². The third kappa shape index (κ3) is 3.64. The number of aromatic nitrogens is 1. The van der Waals surface area contributed by atoms with E-state index in [1.54, 1.807) is 14.0 Å². The molecule has 1 heterocycles. The minimum atomic E-state index is -1.26. The van der Waals surface area contributed by atoms with Crippen LogP contribution in [0.4, 0.5) is 10.2 Å². The molecule has 0 bridgehead atoms. The van der Waals surface area contributed by atoms with Crippen LogP contribution in [0.2, 0.25) is 0 Å². The molecule has 0 aliphatic rings. The Morgan fingerprint density at radius 1 is 1.58 bits per heavy atom. The van der Waals surface area contributed by atoms with Crippen LogP contribution >= 0.6 is 0 Å². The molecule has 19 heavy (non-hydrogen) atoms. The number of hydrogen-bond donors (Lipinski definition) is 2. The fraction of sp³-hybridized carbons (Fsp3) is 0.417. The first-order valence-corrected chi connectivity index (χ1v) is 5.68. The van der Waals surface area contributed by atoms with Gasteiger partial charge in [-0.2, -0.15) is 0 Å². The number of amides is 1. The first-order valence-electron chi connectivity index (χ1n) is 5.68. The van der Waals surface area contributed by atoms with Gasteiger partial charge in [-0.3, -0.25) is 4.79 Å². The van der Waals surface area contributed by atoms with Gasteiger partial charge in [0.25, 0.3) is 0 Å². The van der Waals surface area contributed by atoms with Crippen LogP contribution in [0.5, 0.6) is 0 Å². The van der Waals surface area contributed by atoms with E-state index in [2.05, 4.69) is 10.3 Å². The van der Waals surface area contributed by atoms with Crippen molar-refractivity contribution in [3.05, 3.63) is 23.6 Å². The van der Waals surface area contributed by atoms with Gasteiger partial charge in [0.05, 0.1) is 12.1 Å². The summed E-state index contributed by atoms with van der Waals surface area (Å²) in [5.41, 5.74) is -0.230. The molecular formula is C12H16FN3O3. The van der Waals surface area contributed by atoms with E-state index in [1.165, 1.54) is 11.9 Å². The van der Waals surface area contributed by atoms with Gasteiger partial charge in [-0.05, 0) is 6.07 Å². The standard InChI is InChI=1S/C12H16FN3O3/c1-7(11(17)14-2)6-16(3)10-9(12(18)19)4-8(13)5-15-10/h4-5,7H,6H2,1-3H3,(H,14,17)(H,18,19). The molecule has 1 amide bonds. The average molecular weight is 269 g/mol. The first-order chi connectivity index (χ1) is 8.86. The van der Waals surface area contributed by atoms with Crippen LogP contribution in [-0.2, 0) is 4.79 Å². The van der Waals surface area contributed by atoms with Crippen molar-refractivity contribution in [2.75, 3.05) is 25.5 Å². The second kappa shape index (κ2) is 6.12. The van der Waals surface area contributed by atoms with Crippen molar-refractivity contribution in [2.45, 2.75) is 6.92 Å². The minimum absolute atomic E-state index is 0.129. The molecule has 1 rings (SSSR count). The number of aromatic carboxylic acids is 1. The molecule has 1 atom stereocenters. The highest BCUT2D eigenvalue weighted by molar-refractivity contribution is 5.93. The van der Waals surface area contributed by atoms with Crippen molar-refractivity contribution >= 4 is 17.7 Å².